The first-order valence-electron chi connectivity index (χ1n) is 8.61. The van der Waals surface area contributed by atoms with Crippen molar-refractivity contribution in [3.63, 3.8) is 0 Å². The minimum Gasteiger partial charge on any atom is -0.381 e. The molecule has 126 valence electrons. The molecule has 2 aliphatic rings. The molecule has 0 aromatic heterocycles. The fourth-order valence-corrected chi connectivity index (χ4v) is 3.67. The van der Waals surface area contributed by atoms with Gasteiger partial charge in [-0.25, -0.2) is 0 Å². The Bertz CT molecular complexity index is 574. The van der Waals surface area contributed by atoms with Crippen molar-refractivity contribution in [2.45, 2.75) is 44.9 Å². The van der Waals surface area contributed by atoms with Gasteiger partial charge in [0.25, 0.3) is 5.69 Å². The van der Waals surface area contributed by atoms with Gasteiger partial charge in [-0.2, -0.15) is 0 Å². The van der Waals surface area contributed by atoms with Crippen molar-refractivity contribution in [1.82, 2.24) is 0 Å². The quantitative estimate of drug-likeness (QED) is 0.626. The molecule has 23 heavy (non-hydrogen) atoms. The Morgan fingerprint density at radius 2 is 1.91 bits per heavy atom. The smallest absolute Gasteiger partial charge is 0.292 e. The highest BCUT2D eigenvalue weighted by Crippen LogP contribution is 2.39. The summed E-state index contributed by atoms with van der Waals surface area (Å²) in [6.07, 6.45) is 4.15. The van der Waals surface area contributed by atoms with Gasteiger partial charge in [0.15, 0.2) is 0 Å². The van der Waals surface area contributed by atoms with E-state index in [0.29, 0.717) is 5.92 Å². The Morgan fingerprint density at radius 3 is 2.52 bits per heavy atom. The van der Waals surface area contributed by atoms with Crippen molar-refractivity contribution in [2.75, 3.05) is 31.2 Å². The van der Waals surface area contributed by atoms with Gasteiger partial charge >= 0.3 is 0 Å². The Labute approximate surface area is 137 Å². The van der Waals surface area contributed by atoms with Gasteiger partial charge in [-0.1, -0.05) is 19.9 Å². The molecule has 0 spiro atoms. The average molecular weight is 318 g/mol. The number of nitro benzene ring substituents is 1. The standard InChI is InChI=1S/C18H26N2O3/c1-14-5-9-19(10-6-14)17-13-15(3-4-16(17)20(21)22)18(2)7-11-23-12-8-18/h3-4,13-14H,5-12H2,1-2H3. The molecule has 1 aromatic carbocycles. The van der Waals surface area contributed by atoms with Crippen molar-refractivity contribution >= 4 is 11.4 Å². The van der Waals surface area contributed by atoms with Crippen LogP contribution in [0.5, 0.6) is 0 Å². The van der Waals surface area contributed by atoms with E-state index in [-0.39, 0.29) is 16.0 Å². The molecule has 2 heterocycles. The normalized spacial score (nSPS) is 22.1. The zero-order valence-corrected chi connectivity index (χ0v) is 14.1. The lowest BCUT2D eigenvalue weighted by molar-refractivity contribution is -0.384. The molecule has 3 rings (SSSR count). The van der Waals surface area contributed by atoms with Crippen LogP contribution in [0.3, 0.4) is 0 Å². The third-order valence-electron chi connectivity index (χ3n) is 5.59. The van der Waals surface area contributed by atoms with E-state index in [1.54, 1.807) is 6.07 Å². The first-order chi connectivity index (χ1) is 11.0. The zero-order chi connectivity index (χ0) is 16.4. The molecule has 0 N–H and O–H groups in total. The number of nitrogens with zero attached hydrogens (tertiary/aromatic N) is 2. The summed E-state index contributed by atoms with van der Waals surface area (Å²) >= 11 is 0. The van der Waals surface area contributed by atoms with Crippen molar-refractivity contribution in [3.05, 3.63) is 33.9 Å². The van der Waals surface area contributed by atoms with E-state index in [2.05, 4.69) is 24.8 Å². The van der Waals surface area contributed by atoms with Crippen LogP contribution >= 0.6 is 0 Å². The molecule has 2 saturated heterocycles. The van der Waals surface area contributed by atoms with Gasteiger partial charge in [-0.05, 0) is 48.6 Å². The fraction of sp³-hybridized carbons (Fsp3) is 0.667. The fourth-order valence-electron chi connectivity index (χ4n) is 3.67. The van der Waals surface area contributed by atoms with Crippen LogP contribution < -0.4 is 4.90 Å². The maximum atomic E-state index is 11.5. The number of ether oxygens (including phenoxy) is 1. The molecule has 5 nitrogen and oxygen atoms in total. The van der Waals surface area contributed by atoms with Gasteiger partial charge < -0.3 is 9.64 Å². The summed E-state index contributed by atoms with van der Waals surface area (Å²) in [6.45, 7) is 7.86. The number of hydrogen-bond donors (Lipinski definition) is 0. The molecule has 2 aliphatic heterocycles. The molecule has 2 fully saturated rings. The number of rotatable bonds is 3. The zero-order valence-electron chi connectivity index (χ0n) is 14.1. The first kappa shape index (κ1) is 16.2. The lowest BCUT2D eigenvalue weighted by Gasteiger charge is -2.36. The molecular weight excluding hydrogens is 292 g/mol. The number of nitro groups is 1. The van der Waals surface area contributed by atoms with E-state index in [4.69, 9.17) is 4.74 Å². The minimum absolute atomic E-state index is 0.0607. The lowest BCUT2D eigenvalue weighted by atomic mass is 9.76. The second-order valence-corrected chi connectivity index (χ2v) is 7.30. The van der Waals surface area contributed by atoms with Crippen molar-refractivity contribution in [3.8, 4) is 0 Å². The average Bonchev–Trinajstić information content (AvgIpc) is 2.55. The Hall–Kier alpha value is -1.62. The lowest BCUT2D eigenvalue weighted by Crippen LogP contribution is -2.34. The topological polar surface area (TPSA) is 55.6 Å². The summed E-state index contributed by atoms with van der Waals surface area (Å²) in [6, 6.07) is 5.71. The maximum Gasteiger partial charge on any atom is 0.292 e. The summed E-state index contributed by atoms with van der Waals surface area (Å²) in [4.78, 5) is 13.4. The molecule has 5 heteroatoms. The summed E-state index contributed by atoms with van der Waals surface area (Å²) in [7, 11) is 0. The van der Waals surface area contributed by atoms with Crippen LogP contribution in [0, 0.1) is 16.0 Å². The highest BCUT2D eigenvalue weighted by Gasteiger charge is 2.32. The maximum absolute atomic E-state index is 11.5. The van der Waals surface area contributed by atoms with E-state index in [1.807, 2.05) is 6.07 Å². The van der Waals surface area contributed by atoms with Crippen LogP contribution in [-0.4, -0.2) is 31.2 Å². The van der Waals surface area contributed by atoms with Crippen LogP contribution in [0.4, 0.5) is 11.4 Å². The second-order valence-electron chi connectivity index (χ2n) is 7.30. The highest BCUT2D eigenvalue weighted by atomic mass is 16.6. The molecule has 0 unspecified atom stereocenters. The molecule has 0 bridgehead atoms. The highest BCUT2D eigenvalue weighted by molar-refractivity contribution is 5.65. The van der Waals surface area contributed by atoms with Crippen LogP contribution in [0.1, 0.15) is 45.1 Å². The van der Waals surface area contributed by atoms with Crippen LogP contribution in [0.2, 0.25) is 0 Å². The monoisotopic (exact) mass is 318 g/mol. The molecule has 0 radical (unpaired) electrons. The molecule has 0 aliphatic carbocycles. The van der Waals surface area contributed by atoms with Gasteiger partial charge in [-0.3, -0.25) is 10.1 Å². The first-order valence-corrected chi connectivity index (χ1v) is 8.61. The number of piperidine rings is 1. The summed E-state index contributed by atoms with van der Waals surface area (Å²) < 4.78 is 5.49. The predicted octanol–water partition coefficient (Wildman–Crippen LogP) is 3.90. The van der Waals surface area contributed by atoms with Gasteiger partial charge in [0.1, 0.15) is 5.69 Å². The molecule has 0 saturated carbocycles. The summed E-state index contributed by atoms with van der Waals surface area (Å²) in [5.74, 6) is 0.710. The Balaban J connectivity index is 1.94. The minimum atomic E-state index is -0.247. The van der Waals surface area contributed by atoms with Gasteiger partial charge in [-0.15, -0.1) is 0 Å². The van der Waals surface area contributed by atoms with Gasteiger partial charge in [0, 0.05) is 32.4 Å². The summed E-state index contributed by atoms with van der Waals surface area (Å²) in [5, 5.41) is 11.5. The van der Waals surface area contributed by atoms with Crippen molar-refractivity contribution in [2.24, 2.45) is 5.92 Å². The summed E-state index contributed by atoms with van der Waals surface area (Å²) in [5.41, 5.74) is 2.30. The molecule has 1 aromatic rings. The van der Waals surface area contributed by atoms with Crippen molar-refractivity contribution in [1.29, 1.82) is 0 Å². The van der Waals surface area contributed by atoms with Crippen LogP contribution in [-0.2, 0) is 10.2 Å². The SMILES string of the molecule is CC1CCN(c2cc(C3(C)CCOCC3)ccc2[N+](=O)[O-])CC1. The van der Waals surface area contributed by atoms with Crippen LogP contribution in [0.15, 0.2) is 18.2 Å². The van der Waals surface area contributed by atoms with E-state index < -0.39 is 0 Å². The Morgan fingerprint density at radius 1 is 1.26 bits per heavy atom. The van der Waals surface area contributed by atoms with E-state index in [9.17, 15) is 10.1 Å². The number of anilines is 1. The third kappa shape index (κ3) is 3.34. The van der Waals surface area contributed by atoms with E-state index in [0.717, 1.165) is 57.7 Å². The van der Waals surface area contributed by atoms with Gasteiger partial charge in [0.05, 0.1) is 4.92 Å². The third-order valence-corrected chi connectivity index (χ3v) is 5.59. The number of hydrogen-bond acceptors (Lipinski definition) is 4. The van der Waals surface area contributed by atoms with Crippen LogP contribution in [0.25, 0.3) is 0 Å². The predicted molar refractivity (Wildman–Crippen MR) is 91.1 cm³/mol. The largest absolute Gasteiger partial charge is 0.381 e. The van der Waals surface area contributed by atoms with Crippen molar-refractivity contribution < 1.29 is 9.66 Å². The molecule has 0 amide bonds. The number of benzene rings is 1. The molecule has 0 atom stereocenters. The van der Waals surface area contributed by atoms with Gasteiger partial charge in [0.2, 0.25) is 0 Å². The second kappa shape index (κ2) is 6.48. The molecular formula is C18H26N2O3. The van der Waals surface area contributed by atoms with E-state index in [1.165, 1.54) is 5.56 Å². The Kier molecular flexibility index (Phi) is 4.57. The van der Waals surface area contributed by atoms with E-state index >= 15 is 0 Å².